The molecule has 0 saturated carbocycles. The summed E-state index contributed by atoms with van der Waals surface area (Å²) in [4.78, 5) is 25.2. The first-order valence-electron chi connectivity index (χ1n) is 6.69. The van der Waals surface area contributed by atoms with Gasteiger partial charge in [-0.15, -0.1) is 0 Å². The molecule has 1 saturated heterocycles. The molecule has 2 heterocycles. The molecule has 7 heteroatoms. The van der Waals surface area contributed by atoms with Crippen molar-refractivity contribution in [3.63, 3.8) is 0 Å². The van der Waals surface area contributed by atoms with Crippen LogP contribution in [0.1, 0.15) is 30.0 Å². The Morgan fingerprint density at radius 1 is 1.55 bits per heavy atom. The van der Waals surface area contributed by atoms with Crippen LogP contribution in [0.15, 0.2) is 4.52 Å². The first-order chi connectivity index (χ1) is 9.49. The molecule has 20 heavy (non-hydrogen) atoms. The van der Waals surface area contributed by atoms with Crippen LogP contribution >= 0.6 is 0 Å². The van der Waals surface area contributed by atoms with Crippen LogP contribution in [0.2, 0.25) is 0 Å². The standard InChI is InChI=1S/C13H20N4O3/c1-8(13-9(2)16-20-10(13)3)15-11(18)7-17-5-4-14-6-12(17)19/h8,14H,4-7H2,1-3H3,(H,15,18)/t8-/m0/s1. The molecule has 0 aliphatic carbocycles. The Bertz CT molecular complexity index is 492. The first-order valence-corrected chi connectivity index (χ1v) is 6.69. The SMILES string of the molecule is Cc1noc(C)c1[C@H](C)NC(=O)CN1CCNCC1=O. The predicted molar refractivity (Wildman–Crippen MR) is 72.0 cm³/mol. The average molecular weight is 280 g/mol. The van der Waals surface area contributed by atoms with E-state index in [-0.39, 0.29) is 24.4 Å². The molecule has 1 aliphatic rings. The van der Waals surface area contributed by atoms with E-state index in [0.717, 1.165) is 17.8 Å². The summed E-state index contributed by atoms with van der Waals surface area (Å²) < 4.78 is 5.09. The molecule has 2 N–H and O–H groups in total. The minimum Gasteiger partial charge on any atom is -0.361 e. The summed E-state index contributed by atoms with van der Waals surface area (Å²) in [6.07, 6.45) is 0. The number of aromatic nitrogens is 1. The van der Waals surface area contributed by atoms with E-state index in [9.17, 15) is 9.59 Å². The summed E-state index contributed by atoms with van der Waals surface area (Å²) in [7, 11) is 0. The monoisotopic (exact) mass is 280 g/mol. The number of carbonyl (C=O) groups excluding carboxylic acids is 2. The third kappa shape index (κ3) is 3.16. The second kappa shape index (κ2) is 6.04. The Kier molecular flexibility index (Phi) is 4.39. The minimum absolute atomic E-state index is 0.0450. The zero-order valence-corrected chi connectivity index (χ0v) is 12.0. The summed E-state index contributed by atoms with van der Waals surface area (Å²) in [6, 6.07) is -0.188. The van der Waals surface area contributed by atoms with Gasteiger partial charge in [-0.3, -0.25) is 9.59 Å². The highest BCUT2D eigenvalue weighted by atomic mass is 16.5. The second-order valence-corrected chi connectivity index (χ2v) is 5.02. The lowest BCUT2D eigenvalue weighted by molar-refractivity contribution is -0.136. The maximum absolute atomic E-state index is 12.0. The largest absolute Gasteiger partial charge is 0.361 e. The molecule has 2 rings (SSSR count). The number of hydrogen-bond acceptors (Lipinski definition) is 5. The van der Waals surface area contributed by atoms with Gasteiger partial charge in [0, 0.05) is 18.7 Å². The third-order valence-corrected chi connectivity index (χ3v) is 3.42. The quantitative estimate of drug-likeness (QED) is 0.804. The maximum Gasteiger partial charge on any atom is 0.240 e. The third-order valence-electron chi connectivity index (χ3n) is 3.42. The van der Waals surface area contributed by atoms with Crippen molar-refractivity contribution < 1.29 is 14.1 Å². The fourth-order valence-electron chi connectivity index (χ4n) is 2.45. The van der Waals surface area contributed by atoms with E-state index in [2.05, 4.69) is 15.8 Å². The molecule has 0 radical (unpaired) electrons. The summed E-state index contributed by atoms with van der Waals surface area (Å²) in [6.45, 7) is 7.21. The minimum atomic E-state index is -0.188. The van der Waals surface area contributed by atoms with E-state index < -0.39 is 0 Å². The summed E-state index contributed by atoms with van der Waals surface area (Å²) in [5, 5.41) is 9.72. The Morgan fingerprint density at radius 3 is 2.90 bits per heavy atom. The predicted octanol–water partition coefficient (Wildman–Crippen LogP) is -0.0996. The molecule has 0 bridgehead atoms. The second-order valence-electron chi connectivity index (χ2n) is 5.02. The first kappa shape index (κ1) is 14.5. The van der Waals surface area contributed by atoms with E-state index in [4.69, 9.17) is 4.52 Å². The van der Waals surface area contributed by atoms with E-state index in [0.29, 0.717) is 18.8 Å². The number of piperazine rings is 1. The van der Waals surface area contributed by atoms with Gasteiger partial charge in [0.05, 0.1) is 24.8 Å². The molecule has 1 aromatic rings. The van der Waals surface area contributed by atoms with Gasteiger partial charge in [-0.05, 0) is 20.8 Å². The molecule has 0 unspecified atom stereocenters. The van der Waals surface area contributed by atoms with Gasteiger partial charge < -0.3 is 20.1 Å². The fourth-order valence-corrected chi connectivity index (χ4v) is 2.45. The van der Waals surface area contributed by atoms with Crippen LogP contribution in [-0.2, 0) is 9.59 Å². The maximum atomic E-state index is 12.0. The van der Waals surface area contributed by atoms with Crippen LogP contribution in [0.25, 0.3) is 0 Å². The average Bonchev–Trinajstić information content (AvgIpc) is 2.72. The Balaban J connectivity index is 1.92. The van der Waals surface area contributed by atoms with Crippen molar-refractivity contribution in [2.24, 2.45) is 0 Å². The molecule has 0 spiro atoms. The number of aryl methyl sites for hydroxylation is 2. The van der Waals surface area contributed by atoms with Crippen LogP contribution in [0.4, 0.5) is 0 Å². The van der Waals surface area contributed by atoms with E-state index in [1.807, 2.05) is 20.8 Å². The van der Waals surface area contributed by atoms with Gasteiger partial charge in [0.1, 0.15) is 5.76 Å². The van der Waals surface area contributed by atoms with Gasteiger partial charge in [0.15, 0.2) is 0 Å². The summed E-state index contributed by atoms with van der Waals surface area (Å²) >= 11 is 0. The zero-order valence-electron chi connectivity index (χ0n) is 12.0. The molecule has 1 aliphatic heterocycles. The Hall–Kier alpha value is -1.89. The number of amides is 2. The summed E-state index contributed by atoms with van der Waals surface area (Å²) in [5.41, 5.74) is 1.67. The lowest BCUT2D eigenvalue weighted by Crippen LogP contribution is -2.51. The topological polar surface area (TPSA) is 87.5 Å². The van der Waals surface area contributed by atoms with Crippen molar-refractivity contribution in [1.29, 1.82) is 0 Å². The van der Waals surface area contributed by atoms with Crippen LogP contribution in [0.5, 0.6) is 0 Å². The van der Waals surface area contributed by atoms with Crippen molar-refractivity contribution in [2.45, 2.75) is 26.8 Å². The van der Waals surface area contributed by atoms with Gasteiger partial charge >= 0.3 is 0 Å². The highest BCUT2D eigenvalue weighted by molar-refractivity contribution is 5.86. The molecule has 110 valence electrons. The normalized spacial score (nSPS) is 17.1. The lowest BCUT2D eigenvalue weighted by Gasteiger charge is -2.27. The van der Waals surface area contributed by atoms with Gasteiger partial charge in [0.25, 0.3) is 0 Å². The lowest BCUT2D eigenvalue weighted by atomic mass is 10.1. The smallest absolute Gasteiger partial charge is 0.240 e. The van der Waals surface area contributed by atoms with E-state index in [1.165, 1.54) is 0 Å². The van der Waals surface area contributed by atoms with Crippen LogP contribution in [0.3, 0.4) is 0 Å². The molecular formula is C13H20N4O3. The molecule has 1 fully saturated rings. The van der Waals surface area contributed by atoms with Crippen LogP contribution in [0, 0.1) is 13.8 Å². The Morgan fingerprint density at radius 2 is 2.30 bits per heavy atom. The van der Waals surface area contributed by atoms with Crippen molar-refractivity contribution in [3.05, 3.63) is 17.0 Å². The molecular weight excluding hydrogens is 260 g/mol. The van der Waals surface area contributed by atoms with Crippen molar-refractivity contribution in [2.75, 3.05) is 26.2 Å². The molecule has 2 amide bonds. The highest BCUT2D eigenvalue weighted by Gasteiger charge is 2.22. The van der Waals surface area contributed by atoms with Crippen molar-refractivity contribution in [1.82, 2.24) is 20.7 Å². The van der Waals surface area contributed by atoms with E-state index in [1.54, 1.807) is 4.90 Å². The van der Waals surface area contributed by atoms with Crippen molar-refractivity contribution in [3.8, 4) is 0 Å². The zero-order chi connectivity index (χ0) is 14.7. The Labute approximate surface area is 117 Å². The van der Waals surface area contributed by atoms with Crippen LogP contribution in [-0.4, -0.2) is 48.0 Å². The number of nitrogens with zero attached hydrogens (tertiary/aromatic N) is 2. The molecule has 7 nitrogen and oxygen atoms in total. The highest BCUT2D eigenvalue weighted by Crippen LogP contribution is 2.20. The number of rotatable bonds is 4. The number of carbonyl (C=O) groups is 2. The molecule has 1 atom stereocenters. The van der Waals surface area contributed by atoms with Gasteiger partial charge in [-0.25, -0.2) is 0 Å². The number of hydrogen-bond donors (Lipinski definition) is 2. The number of nitrogens with one attached hydrogen (secondary N) is 2. The molecule has 0 aromatic carbocycles. The summed E-state index contributed by atoms with van der Waals surface area (Å²) in [5.74, 6) is 0.484. The van der Waals surface area contributed by atoms with Crippen LogP contribution < -0.4 is 10.6 Å². The van der Waals surface area contributed by atoms with Gasteiger partial charge in [-0.1, -0.05) is 5.16 Å². The van der Waals surface area contributed by atoms with Gasteiger partial charge in [-0.2, -0.15) is 0 Å². The van der Waals surface area contributed by atoms with Gasteiger partial charge in [0.2, 0.25) is 11.8 Å². The molecule has 1 aromatic heterocycles. The fraction of sp³-hybridized carbons (Fsp3) is 0.615. The van der Waals surface area contributed by atoms with Crippen molar-refractivity contribution >= 4 is 11.8 Å². The van der Waals surface area contributed by atoms with E-state index >= 15 is 0 Å².